The number of aromatic nitrogens is 2. The number of carbonyl (C=O) groups excluding carboxylic acids is 1. The minimum absolute atomic E-state index is 0.0578. The van der Waals surface area contributed by atoms with Crippen LogP contribution in [0.15, 0.2) is 60.9 Å². The third-order valence-electron chi connectivity index (χ3n) is 6.32. The molecular weight excluding hydrogens is 390 g/mol. The number of hydrogen-bond donors (Lipinski definition) is 1. The fourth-order valence-electron chi connectivity index (χ4n) is 4.55. The van der Waals surface area contributed by atoms with Crippen molar-refractivity contribution in [1.82, 2.24) is 15.1 Å². The summed E-state index contributed by atoms with van der Waals surface area (Å²) in [5.41, 5.74) is 4.03. The third kappa shape index (κ3) is 3.95. The predicted molar refractivity (Wildman–Crippen MR) is 118 cm³/mol. The Morgan fingerprint density at radius 3 is 2.65 bits per heavy atom. The van der Waals surface area contributed by atoms with Crippen molar-refractivity contribution in [3.05, 3.63) is 66.5 Å². The average molecular weight is 418 g/mol. The van der Waals surface area contributed by atoms with Crippen molar-refractivity contribution in [2.75, 3.05) is 13.2 Å². The van der Waals surface area contributed by atoms with Crippen LogP contribution in [-0.2, 0) is 9.53 Å². The average Bonchev–Trinajstić information content (AvgIpc) is 3.34. The minimum Gasteiger partial charge on any atom is -0.487 e. The minimum atomic E-state index is -0.260. The molecule has 1 amide bonds. The molecular formula is C25H27N3O3. The molecule has 1 fully saturated rings. The topological polar surface area (TPSA) is 65.4 Å². The highest BCUT2D eigenvalue weighted by Gasteiger charge is 2.42. The molecule has 1 aromatic heterocycles. The van der Waals surface area contributed by atoms with Gasteiger partial charge in [-0.3, -0.25) is 4.79 Å². The molecule has 31 heavy (non-hydrogen) atoms. The largest absolute Gasteiger partial charge is 0.487 e. The number of ether oxygens (including phenoxy) is 2. The van der Waals surface area contributed by atoms with Crippen molar-refractivity contribution in [2.45, 2.75) is 44.2 Å². The van der Waals surface area contributed by atoms with E-state index in [0.717, 1.165) is 47.4 Å². The van der Waals surface area contributed by atoms with E-state index in [-0.39, 0.29) is 17.6 Å². The Bertz CT molecular complexity index is 1050. The summed E-state index contributed by atoms with van der Waals surface area (Å²) in [5.74, 6) is 0.931. The quantitative estimate of drug-likeness (QED) is 0.682. The summed E-state index contributed by atoms with van der Waals surface area (Å²) >= 11 is 0. The van der Waals surface area contributed by atoms with E-state index in [4.69, 9.17) is 9.47 Å². The number of fused-ring (bicyclic) bond motifs is 1. The van der Waals surface area contributed by atoms with E-state index in [2.05, 4.69) is 46.8 Å². The van der Waals surface area contributed by atoms with Gasteiger partial charge in [0.25, 0.3) is 0 Å². The Labute approximate surface area is 182 Å². The van der Waals surface area contributed by atoms with Crippen LogP contribution in [0.1, 0.15) is 44.2 Å². The van der Waals surface area contributed by atoms with Crippen molar-refractivity contribution in [1.29, 1.82) is 0 Å². The summed E-state index contributed by atoms with van der Waals surface area (Å²) in [6, 6.07) is 16.5. The van der Waals surface area contributed by atoms with Crippen molar-refractivity contribution < 1.29 is 14.3 Å². The molecule has 6 heteroatoms. The Morgan fingerprint density at radius 2 is 1.94 bits per heavy atom. The first kappa shape index (κ1) is 19.8. The van der Waals surface area contributed by atoms with Gasteiger partial charge in [-0.2, -0.15) is 5.10 Å². The normalized spacial score (nSPS) is 19.5. The monoisotopic (exact) mass is 417 g/mol. The molecule has 0 radical (unpaired) electrons. The molecule has 2 aliphatic heterocycles. The van der Waals surface area contributed by atoms with Gasteiger partial charge in [-0.25, -0.2) is 4.68 Å². The number of rotatable bonds is 4. The van der Waals surface area contributed by atoms with Crippen LogP contribution < -0.4 is 10.1 Å². The van der Waals surface area contributed by atoms with E-state index in [9.17, 15) is 4.79 Å². The fraction of sp³-hybridized carbons (Fsp3) is 0.360. The van der Waals surface area contributed by atoms with E-state index in [0.29, 0.717) is 19.6 Å². The van der Waals surface area contributed by atoms with Crippen LogP contribution in [0.4, 0.5) is 0 Å². The van der Waals surface area contributed by atoms with Crippen LogP contribution in [0, 0.1) is 0 Å². The first-order valence-electron chi connectivity index (χ1n) is 11.0. The Hall–Kier alpha value is -3.12. The number of nitrogens with one attached hydrogen (secondary N) is 1. The van der Waals surface area contributed by atoms with Gasteiger partial charge in [0, 0.05) is 43.6 Å². The number of amides is 1. The summed E-state index contributed by atoms with van der Waals surface area (Å²) in [4.78, 5) is 12.3. The highest BCUT2D eigenvalue weighted by atomic mass is 16.5. The van der Waals surface area contributed by atoms with Gasteiger partial charge in [0.1, 0.15) is 11.4 Å². The van der Waals surface area contributed by atoms with Crippen molar-refractivity contribution in [2.24, 2.45) is 0 Å². The van der Waals surface area contributed by atoms with E-state index >= 15 is 0 Å². The number of benzene rings is 2. The van der Waals surface area contributed by atoms with E-state index in [1.54, 1.807) is 6.20 Å². The number of hydrogen-bond acceptors (Lipinski definition) is 4. The lowest BCUT2D eigenvalue weighted by atomic mass is 9.81. The first-order chi connectivity index (χ1) is 15.2. The van der Waals surface area contributed by atoms with Gasteiger partial charge >= 0.3 is 0 Å². The summed E-state index contributed by atoms with van der Waals surface area (Å²) in [7, 11) is 0. The van der Waals surface area contributed by atoms with E-state index in [1.807, 2.05) is 29.9 Å². The maximum absolute atomic E-state index is 12.3. The molecule has 0 bridgehead atoms. The van der Waals surface area contributed by atoms with Gasteiger partial charge in [-0.05, 0) is 41.5 Å². The molecule has 5 rings (SSSR count). The van der Waals surface area contributed by atoms with Crippen LogP contribution in [0.3, 0.4) is 0 Å². The van der Waals surface area contributed by atoms with Gasteiger partial charge in [-0.1, -0.05) is 25.1 Å². The SMILES string of the molecule is CCC(=O)NC1CC2(CCOCC2)Oc2ccc(-c3ccc(-n4cccn4)cc3)cc21. The zero-order chi connectivity index (χ0) is 21.3. The summed E-state index contributed by atoms with van der Waals surface area (Å²) < 4.78 is 13.9. The molecule has 1 spiro atoms. The highest BCUT2D eigenvalue weighted by Crippen LogP contribution is 2.45. The molecule has 2 aliphatic rings. The van der Waals surface area contributed by atoms with Crippen LogP contribution in [-0.4, -0.2) is 34.5 Å². The molecule has 2 aromatic carbocycles. The molecule has 1 atom stereocenters. The Balaban J connectivity index is 1.47. The summed E-state index contributed by atoms with van der Waals surface area (Å²) in [6.45, 7) is 3.28. The Morgan fingerprint density at radius 1 is 1.16 bits per heavy atom. The first-order valence-corrected chi connectivity index (χ1v) is 11.0. The molecule has 3 aromatic rings. The van der Waals surface area contributed by atoms with Crippen LogP contribution >= 0.6 is 0 Å². The van der Waals surface area contributed by atoms with Gasteiger partial charge in [0.2, 0.25) is 5.91 Å². The van der Waals surface area contributed by atoms with Crippen molar-refractivity contribution >= 4 is 5.91 Å². The van der Waals surface area contributed by atoms with Crippen molar-refractivity contribution in [3.8, 4) is 22.6 Å². The van der Waals surface area contributed by atoms with Gasteiger partial charge in [0.05, 0.1) is 24.9 Å². The zero-order valence-electron chi connectivity index (χ0n) is 17.7. The fourth-order valence-corrected chi connectivity index (χ4v) is 4.55. The predicted octanol–water partition coefficient (Wildman–Crippen LogP) is 4.44. The highest BCUT2D eigenvalue weighted by molar-refractivity contribution is 5.76. The smallest absolute Gasteiger partial charge is 0.220 e. The van der Waals surface area contributed by atoms with Gasteiger partial charge < -0.3 is 14.8 Å². The molecule has 1 saturated heterocycles. The maximum atomic E-state index is 12.3. The lowest BCUT2D eigenvalue weighted by Gasteiger charge is -2.44. The molecule has 3 heterocycles. The van der Waals surface area contributed by atoms with Crippen LogP contribution in [0.5, 0.6) is 5.75 Å². The van der Waals surface area contributed by atoms with Gasteiger partial charge in [-0.15, -0.1) is 0 Å². The number of carbonyl (C=O) groups is 1. The molecule has 0 aliphatic carbocycles. The van der Waals surface area contributed by atoms with Crippen molar-refractivity contribution in [3.63, 3.8) is 0 Å². The molecule has 160 valence electrons. The van der Waals surface area contributed by atoms with Crippen LogP contribution in [0.25, 0.3) is 16.8 Å². The third-order valence-corrected chi connectivity index (χ3v) is 6.32. The molecule has 0 saturated carbocycles. The van der Waals surface area contributed by atoms with Gasteiger partial charge in [0.15, 0.2) is 0 Å². The second-order valence-electron chi connectivity index (χ2n) is 8.33. The summed E-state index contributed by atoms with van der Waals surface area (Å²) in [6.07, 6.45) is 6.64. The van der Waals surface area contributed by atoms with Crippen LogP contribution in [0.2, 0.25) is 0 Å². The standard InChI is InChI=1S/C25H27N3O3/c1-2-24(29)27-22-17-25(10-14-30-15-11-25)31-23-9-6-19(16-21(22)23)18-4-7-20(8-5-18)28-13-3-12-26-28/h3-9,12-13,16,22H,2,10-11,14-15,17H2,1H3,(H,27,29). The lowest BCUT2D eigenvalue weighted by molar-refractivity contribution is -0.122. The van der Waals surface area contributed by atoms with E-state index in [1.165, 1.54) is 0 Å². The Kier molecular flexibility index (Phi) is 5.24. The molecule has 1 N–H and O–H groups in total. The maximum Gasteiger partial charge on any atom is 0.220 e. The molecule has 1 unspecified atom stereocenters. The second-order valence-corrected chi connectivity index (χ2v) is 8.33. The second kappa shape index (κ2) is 8.19. The zero-order valence-corrected chi connectivity index (χ0v) is 17.7. The van der Waals surface area contributed by atoms with E-state index < -0.39 is 0 Å². The summed E-state index contributed by atoms with van der Waals surface area (Å²) in [5, 5.41) is 7.52. The lowest BCUT2D eigenvalue weighted by Crippen LogP contribution is -2.48. The molecule has 6 nitrogen and oxygen atoms in total. The number of nitrogens with zero attached hydrogens (tertiary/aromatic N) is 2.